The normalized spacial score (nSPS) is 17.4. The Hall–Kier alpha value is -2.38. The van der Waals surface area contributed by atoms with Gasteiger partial charge in [0.25, 0.3) is 5.91 Å². The lowest BCUT2D eigenvalue weighted by atomic mass is 9.99. The molecule has 6 nitrogen and oxygen atoms in total. The molecule has 0 aliphatic carbocycles. The predicted molar refractivity (Wildman–Crippen MR) is 106 cm³/mol. The molecule has 0 unspecified atom stereocenters. The molecule has 28 heavy (non-hydrogen) atoms. The number of nitrogens with zero attached hydrogens (tertiary/aromatic N) is 2. The molecule has 0 aromatic heterocycles. The fraction of sp³-hybridized carbons (Fsp3) is 0.381. The van der Waals surface area contributed by atoms with E-state index in [1.165, 1.54) is 29.1 Å². The number of benzene rings is 2. The Bertz CT molecular complexity index is 997. The van der Waals surface area contributed by atoms with E-state index in [2.05, 4.69) is 6.07 Å². The van der Waals surface area contributed by atoms with Gasteiger partial charge in [-0.15, -0.1) is 0 Å². The third-order valence-electron chi connectivity index (χ3n) is 5.52. The zero-order valence-electron chi connectivity index (χ0n) is 15.9. The average Bonchev–Trinajstić information content (AvgIpc) is 3.28. The molecule has 4 rings (SSSR count). The highest BCUT2D eigenvalue weighted by Gasteiger charge is 2.30. The smallest absolute Gasteiger partial charge is 0.257 e. The maximum atomic E-state index is 13.2. The van der Waals surface area contributed by atoms with Crippen LogP contribution in [-0.2, 0) is 23.0 Å². The van der Waals surface area contributed by atoms with Crippen LogP contribution in [0.4, 0.5) is 0 Å². The van der Waals surface area contributed by atoms with E-state index in [-0.39, 0.29) is 10.8 Å². The standard InChI is InChI=1S/C21H24N2O4S/c1-27-20-9-8-18(28(25,26)23-11-4-5-12-23)14-19(20)21(24)22-13-10-16-6-2-3-7-17(16)15-22/h2-3,6-9,14H,4-5,10-13,15H2,1H3. The van der Waals surface area contributed by atoms with Crippen molar-refractivity contribution in [1.82, 2.24) is 9.21 Å². The van der Waals surface area contributed by atoms with Crippen LogP contribution in [0.2, 0.25) is 0 Å². The van der Waals surface area contributed by atoms with E-state index in [1.54, 1.807) is 11.0 Å². The van der Waals surface area contributed by atoms with Crippen LogP contribution in [0, 0.1) is 0 Å². The third-order valence-corrected chi connectivity index (χ3v) is 7.42. The number of carbonyl (C=O) groups excluding carboxylic acids is 1. The number of sulfonamides is 1. The van der Waals surface area contributed by atoms with E-state index < -0.39 is 10.0 Å². The number of methoxy groups -OCH3 is 1. The number of hydrogen-bond acceptors (Lipinski definition) is 4. The van der Waals surface area contributed by atoms with Gasteiger partial charge in [-0.2, -0.15) is 4.31 Å². The number of amides is 1. The first-order valence-electron chi connectivity index (χ1n) is 9.55. The highest BCUT2D eigenvalue weighted by atomic mass is 32.2. The van der Waals surface area contributed by atoms with Gasteiger partial charge < -0.3 is 9.64 Å². The Morgan fingerprint density at radius 2 is 1.71 bits per heavy atom. The van der Waals surface area contributed by atoms with Crippen LogP contribution in [0.1, 0.15) is 34.3 Å². The van der Waals surface area contributed by atoms with Gasteiger partial charge in [-0.05, 0) is 48.6 Å². The SMILES string of the molecule is COc1ccc(S(=O)(=O)N2CCCC2)cc1C(=O)N1CCc2ccccc2C1. The molecule has 0 radical (unpaired) electrons. The van der Waals surface area contributed by atoms with Crippen LogP contribution in [-0.4, -0.2) is 50.3 Å². The topological polar surface area (TPSA) is 66.9 Å². The Labute approximate surface area is 165 Å². The largest absolute Gasteiger partial charge is 0.496 e. The van der Waals surface area contributed by atoms with Crippen molar-refractivity contribution in [2.45, 2.75) is 30.7 Å². The summed E-state index contributed by atoms with van der Waals surface area (Å²) < 4.78 is 32.7. The minimum absolute atomic E-state index is 0.149. The maximum absolute atomic E-state index is 13.2. The predicted octanol–water partition coefficient (Wildman–Crippen LogP) is 2.68. The summed E-state index contributed by atoms with van der Waals surface area (Å²) in [7, 11) is -2.10. The lowest BCUT2D eigenvalue weighted by Gasteiger charge is -2.29. The van der Waals surface area contributed by atoms with Crippen molar-refractivity contribution < 1.29 is 17.9 Å². The second-order valence-corrected chi connectivity index (χ2v) is 9.16. The molecule has 0 atom stereocenters. The summed E-state index contributed by atoms with van der Waals surface area (Å²) in [6, 6.07) is 12.7. The summed E-state index contributed by atoms with van der Waals surface area (Å²) >= 11 is 0. The molecular weight excluding hydrogens is 376 g/mol. The van der Waals surface area contributed by atoms with Crippen LogP contribution in [0.5, 0.6) is 5.75 Å². The van der Waals surface area contributed by atoms with Crippen LogP contribution in [0.3, 0.4) is 0 Å². The molecule has 7 heteroatoms. The molecule has 2 aromatic carbocycles. The summed E-state index contributed by atoms with van der Waals surface area (Å²) in [4.78, 5) is 15.1. The van der Waals surface area contributed by atoms with E-state index in [1.807, 2.05) is 18.2 Å². The number of fused-ring (bicyclic) bond motifs is 1. The molecule has 0 saturated carbocycles. The van der Waals surface area contributed by atoms with E-state index in [9.17, 15) is 13.2 Å². The summed E-state index contributed by atoms with van der Waals surface area (Å²) in [6.07, 6.45) is 2.53. The van der Waals surface area contributed by atoms with Gasteiger partial charge in [0, 0.05) is 26.2 Å². The van der Waals surface area contributed by atoms with Gasteiger partial charge in [-0.25, -0.2) is 8.42 Å². The van der Waals surface area contributed by atoms with Crippen molar-refractivity contribution in [1.29, 1.82) is 0 Å². The lowest BCUT2D eigenvalue weighted by molar-refractivity contribution is 0.0731. The molecule has 1 fully saturated rings. The van der Waals surface area contributed by atoms with Crippen molar-refractivity contribution in [2.75, 3.05) is 26.7 Å². The monoisotopic (exact) mass is 400 g/mol. The molecular formula is C21H24N2O4S. The van der Waals surface area contributed by atoms with Crippen LogP contribution < -0.4 is 4.74 Å². The molecule has 2 aromatic rings. The summed E-state index contributed by atoms with van der Waals surface area (Å²) in [5.41, 5.74) is 2.67. The number of ether oxygens (including phenoxy) is 1. The summed E-state index contributed by atoms with van der Waals surface area (Å²) in [6.45, 7) is 2.17. The average molecular weight is 401 g/mol. The minimum atomic E-state index is -3.59. The van der Waals surface area contributed by atoms with E-state index in [0.29, 0.717) is 37.5 Å². The van der Waals surface area contributed by atoms with Crippen molar-refractivity contribution >= 4 is 15.9 Å². The van der Waals surface area contributed by atoms with Crippen LogP contribution in [0.15, 0.2) is 47.4 Å². The molecule has 0 spiro atoms. The van der Waals surface area contributed by atoms with Crippen molar-refractivity contribution in [3.8, 4) is 5.75 Å². The van der Waals surface area contributed by atoms with E-state index in [0.717, 1.165) is 24.8 Å². The zero-order valence-corrected chi connectivity index (χ0v) is 16.7. The highest BCUT2D eigenvalue weighted by Crippen LogP contribution is 2.29. The molecule has 2 aliphatic heterocycles. The van der Waals surface area contributed by atoms with E-state index >= 15 is 0 Å². The highest BCUT2D eigenvalue weighted by molar-refractivity contribution is 7.89. The molecule has 148 valence electrons. The van der Waals surface area contributed by atoms with Crippen molar-refractivity contribution in [3.05, 3.63) is 59.2 Å². The quantitative estimate of drug-likeness (QED) is 0.791. The maximum Gasteiger partial charge on any atom is 0.257 e. The second kappa shape index (κ2) is 7.56. The van der Waals surface area contributed by atoms with E-state index in [4.69, 9.17) is 4.74 Å². The Morgan fingerprint density at radius 1 is 1.00 bits per heavy atom. The zero-order chi connectivity index (χ0) is 19.7. The molecule has 2 aliphatic rings. The van der Waals surface area contributed by atoms with Gasteiger partial charge in [0.2, 0.25) is 10.0 Å². The summed E-state index contributed by atoms with van der Waals surface area (Å²) in [5.74, 6) is 0.189. The Kier molecular flexibility index (Phi) is 5.12. The van der Waals surface area contributed by atoms with Crippen molar-refractivity contribution in [2.24, 2.45) is 0 Å². The molecule has 2 heterocycles. The van der Waals surface area contributed by atoms with Gasteiger partial charge in [-0.1, -0.05) is 24.3 Å². The molecule has 0 N–H and O–H groups in total. The summed E-state index contributed by atoms with van der Waals surface area (Å²) in [5, 5.41) is 0. The fourth-order valence-corrected chi connectivity index (χ4v) is 5.48. The minimum Gasteiger partial charge on any atom is -0.496 e. The molecule has 1 saturated heterocycles. The second-order valence-electron chi connectivity index (χ2n) is 7.22. The van der Waals surface area contributed by atoms with Gasteiger partial charge in [-0.3, -0.25) is 4.79 Å². The molecule has 0 bridgehead atoms. The first kappa shape index (κ1) is 19.0. The Balaban J connectivity index is 1.66. The van der Waals surface area contributed by atoms with Crippen LogP contribution in [0.25, 0.3) is 0 Å². The first-order valence-corrected chi connectivity index (χ1v) is 11.0. The molecule has 1 amide bonds. The van der Waals surface area contributed by atoms with Gasteiger partial charge in [0.05, 0.1) is 17.6 Å². The van der Waals surface area contributed by atoms with Gasteiger partial charge >= 0.3 is 0 Å². The van der Waals surface area contributed by atoms with Crippen molar-refractivity contribution in [3.63, 3.8) is 0 Å². The van der Waals surface area contributed by atoms with Gasteiger partial charge in [0.1, 0.15) is 5.75 Å². The fourth-order valence-electron chi connectivity index (χ4n) is 3.93. The number of carbonyl (C=O) groups is 1. The third kappa shape index (κ3) is 3.40. The number of hydrogen-bond donors (Lipinski definition) is 0. The Morgan fingerprint density at radius 3 is 2.43 bits per heavy atom. The van der Waals surface area contributed by atoms with Crippen LogP contribution >= 0.6 is 0 Å². The van der Waals surface area contributed by atoms with Gasteiger partial charge in [0.15, 0.2) is 0 Å². The first-order chi connectivity index (χ1) is 13.5. The lowest BCUT2D eigenvalue weighted by Crippen LogP contribution is -2.36. The number of rotatable bonds is 4.